The van der Waals surface area contributed by atoms with Gasteiger partial charge >= 0.3 is 0 Å². The number of anilines is 1. The molecule has 0 unspecified atom stereocenters. The van der Waals surface area contributed by atoms with E-state index < -0.39 is 0 Å². The van der Waals surface area contributed by atoms with E-state index in [2.05, 4.69) is 23.0 Å². The van der Waals surface area contributed by atoms with Crippen LogP contribution in [0.15, 0.2) is 6.20 Å². The molecule has 15 heavy (non-hydrogen) atoms. The third kappa shape index (κ3) is 2.50. The Balaban J connectivity index is 1.97. The van der Waals surface area contributed by atoms with Gasteiger partial charge in [0.25, 0.3) is 0 Å². The molecule has 1 aliphatic heterocycles. The normalized spacial score (nSPS) is 18.2. The zero-order valence-corrected chi connectivity index (χ0v) is 9.45. The minimum Gasteiger partial charge on any atom is -0.369 e. The van der Waals surface area contributed by atoms with E-state index in [9.17, 15) is 0 Å². The van der Waals surface area contributed by atoms with E-state index in [-0.39, 0.29) is 0 Å². The van der Waals surface area contributed by atoms with E-state index in [0.29, 0.717) is 5.95 Å². The third-order valence-corrected chi connectivity index (χ3v) is 3.03. The number of nitrogens with two attached hydrogens (primary N) is 1. The van der Waals surface area contributed by atoms with E-state index in [1.807, 2.05) is 4.57 Å². The summed E-state index contributed by atoms with van der Waals surface area (Å²) in [6, 6.07) is 0. The number of likely N-dealkylation sites (tertiary alicyclic amines) is 1. The molecule has 0 aliphatic carbocycles. The highest BCUT2D eigenvalue weighted by atomic mass is 15.2. The number of aryl methyl sites for hydroxylation is 1. The van der Waals surface area contributed by atoms with Crippen molar-refractivity contribution in [3.63, 3.8) is 0 Å². The molecule has 4 nitrogen and oxygen atoms in total. The highest BCUT2D eigenvalue weighted by Gasteiger charge is 2.12. The molecule has 4 heteroatoms. The van der Waals surface area contributed by atoms with Crippen molar-refractivity contribution >= 4 is 5.95 Å². The first-order valence-electron chi connectivity index (χ1n) is 5.83. The van der Waals surface area contributed by atoms with Crippen LogP contribution in [0.2, 0.25) is 0 Å². The molecule has 1 aromatic heterocycles. The third-order valence-electron chi connectivity index (χ3n) is 3.03. The zero-order chi connectivity index (χ0) is 10.7. The van der Waals surface area contributed by atoms with Crippen molar-refractivity contribution in [1.29, 1.82) is 0 Å². The number of aromatic nitrogens is 2. The van der Waals surface area contributed by atoms with Crippen LogP contribution < -0.4 is 5.73 Å². The van der Waals surface area contributed by atoms with E-state index >= 15 is 0 Å². The summed E-state index contributed by atoms with van der Waals surface area (Å²) in [4.78, 5) is 6.84. The largest absolute Gasteiger partial charge is 0.369 e. The molecule has 0 saturated carbocycles. The molecule has 0 spiro atoms. The van der Waals surface area contributed by atoms with E-state index in [1.165, 1.54) is 32.4 Å². The second-order valence-electron chi connectivity index (χ2n) is 4.21. The van der Waals surface area contributed by atoms with E-state index in [4.69, 9.17) is 5.73 Å². The Morgan fingerprint density at radius 1 is 1.33 bits per heavy atom. The number of rotatable bonds is 3. The van der Waals surface area contributed by atoms with Crippen molar-refractivity contribution in [3.05, 3.63) is 11.9 Å². The van der Waals surface area contributed by atoms with Gasteiger partial charge in [0.1, 0.15) is 0 Å². The summed E-state index contributed by atoms with van der Waals surface area (Å²) >= 11 is 0. The lowest BCUT2D eigenvalue weighted by Gasteiger charge is -2.25. The number of piperidine rings is 1. The first kappa shape index (κ1) is 10.5. The molecule has 1 aromatic rings. The molecule has 2 rings (SSSR count). The summed E-state index contributed by atoms with van der Waals surface area (Å²) in [5.74, 6) is 0.643. The summed E-state index contributed by atoms with van der Waals surface area (Å²) in [6.45, 7) is 6.36. The van der Waals surface area contributed by atoms with Gasteiger partial charge in [0.05, 0.1) is 5.69 Å². The quantitative estimate of drug-likeness (QED) is 0.818. The van der Waals surface area contributed by atoms with Gasteiger partial charge in [-0.3, -0.25) is 4.90 Å². The smallest absolute Gasteiger partial charge is 0.200 e. The lowest BCUT2D eigenvalue weighted by Crippen LogP contribution is -2.29. The van der Waals surface area contributed by atoms with Crippen LogP contribution in [0.5, 0.6) is 0 Å². The maximum Gasteiger partial charge on any atom is 0.200 e. The second kappa shape index (κ2) is 4.66. The molecule has 0 amide bonds. The molecular weight excluding hydrogens is 188 g/mol. The lowest BCUT2D eigenvalue weighted by atomic mass is 10.1. The molecule has 1 aliphatic rings. The van der Waals surface area contributed by atoms with Gasteiger partial charge in [-0.15, -0.1) is 0 Å². The van der Waals surface area contributed by atoms with Gasteiger partial charge in [0.2, 0.25) is 0 Å². The molecule has 0 bridgehead atoms. The Labute approximate surface area is 91.1 Å². The van der Waals surface area contributed by atoms with Crippen LogP contribution in [-0.4, -0.2) is 27.5 Å². The van der Waals surface area contributed by atoms with Crippen molar-refractivity contribution in [2.24, 2.45) is 0 Å². The molecule has 2 N–H and O–H groups in total. The Bertz CT molecular complexity index is 312. The van der Waals surface area contributed by atoms with Gasteiger partial charge < -0.3 is 10.3 Å². The molecule has 1 fully saturated rings. The van der Waals surface area contributed by atoms with Crippen LogP contribution in [0.3, 0.4) is 0 Å². The van der Waals surface area contributed by atoms with Gasteiger partial charge in [0, 0.05) is 19.3 Å². The first-order chi connectivity index (χ1) is 7.29. The van der Waals surface area contributed by atoms with Crippen LogP contribution in [0.4, 0.5) is 5.95 Å². The fourth-order valence-electron chi connectivity index (χ4n) is 2.16. The number of hydrogen-bond donors (Lipinski definition) is 1. The second-order valence-corrected chi connectivity index (χ2v) is 4.21. The molecular formula is C11H20N4. The van der Waals surface area contributed by atoms with Gasteiger partial charge in [-0.1, -0.05) is 6.42 Å². The Morgan fingerprint density at radius 2 is 2.07 bits per heavy atom. The topological polar surface area (TPSA) is 47.1 Å². The average Bonchev–Trinajstić information content (AvgIpc) is 2.60. The highest BCUT2D eigenvalue weighted by molar-refractivity contribution is 5.21. The zero-order valence-electron chi connectivity index (χ0n) is 9.45. The maximum absolute atomic E-state index is 5.79. The van der Waals surface area contributed by atoms with E-state index in [1.54, 1.807) is 0 Å². The molecule has 2 heterocycles. The number of imidazole rings is 1. The van der Waals surface area contributed by atoms with Gasteiger partial charge in [0.15, 0.2) is 5.95 Å². The average molecular weight is 208 g/mol. The Kier molecular flexibility index (Phi) is 3.26. The van der Waals surface area contributed by atoms with Crippen LogP contribution in [0.1, 0.15) is 31.9 Å². The summed E-state index contributed by atoms with van der Waals surface area (Å²) in [7, 11) is 0. The SMILES string of the molecule is CCn1cc(CN2CCCCC2)nc1N. The molecule has 84 valence electrons. The summed E-state index contributed by atoms with van der Waals surface area (Å²) in [5.41, 5.74) is 6.90. The molecule has 1 saturated heterocycles. The lowest BCUT2D eigenvalue weighted by molar-refractivity contribution is 0.219. The number of hydrogen-bond acceptors (Lipinski definition) is 3. The van der Waals surface area contributed by atoms with Crippen molar-refractivity contribution in [2.45, 2.75) is 39.3 Å². The number of nitrogens with zero attached hydrogens (tertiary/aromatic N) is 3. The summed E-state index contributed by atoms with van der Waals surface area (Å²) < 4.78 is 2.00. The molecule has 0 atom stereocenters. The summed E-state index contributed by atoms with van der Waals surface area (Å²) in [6.07, 6.45) is 6.10. The fraction of sp³-hybridized carbons (Fsp3) is 0.727. The Hall–Kier alpha value is -1.03. The molecule has 0 radical (unpaired) electrons. The predicted molar refractivity (Wildman–Crippen MR) is 61.4 cm³/mol. The van der Waals surface area contributed by atoms with E-state index in [0.717, 1.165) is 18.8 Å². The van der Waals surface area contributed by atoms with Crippen LogP contribution in [-0.2, 0) is 13.1 Å². The number of nitrogen functional groups attached to an aromatic ring is 1. The Morgan fingerprint density at radius 3 is 2.67 bits per heavy atom. The van der Waals surface area contributed by atoms with Crippen molar-refractivity contribution in [1.82, 2.24) is 14.5 Å². The standard InChI is InChI=1S/C11H20N4/c1-2-15-9-10(13-11(15)12)8-14-6-4-3-5-7-14/h9H,2-8H2,1H3,(H2,12,13). The van der Waals surface area contributed by atoms with Crippen molar-refractivity contribution in [3.8, 4) is 0 Å². The fourth-order valence-corrected chi connectivity index (χ4v) is 2.16. The van der Waals surface area contributed by atoms with Crippen molar-refractivity contribution in [2.75, 3.05) is 18.8 Å². The van der Waals surface area contributed by atoms with Crippen molar-refractivity contribution < 1.29 is 0 Å². The van der Waals surface area contributed by atoms with Gasteiger partial charge in [-0.2, -0.15) is 0 Å². The first-order valence-corrected chi connectivity index (χ1v) is 5.83. The van der Waals surface area contributed by atoms with Crippen LogP contribution >= 0.6 is 0 Å². The predicted octanol–water partition coefficient (Wildman–Crippen LogP) is 1.47. The monoisotopic (exact) mass is 208 g/mol. The van der Waals surface area contributed by atoms with Crippen LogP contribution in [0, 0.1) is 0 Å². The van der Waals surface area contributed by atoms with Crippen LogP contribution in [0.25, 0.3) is 0 Å². The minimum absolute atomic E-state index is 0.643. The van der Waals surface area contributed by atoms with Gasteiger partial charge in [-0.25, -0.2) is 4.98 Å². The molecule has 0 aromatic carbocycles. The minimum atomic E-state index is 0.643. The van der Waals surface area contributed by atoms with Gasteiger partial charge in [-0.05, 0) is 32.9 Å². The summed E-state index contributed by atoms with van der Waals surface area (Å²) in [5, 5.41) is 0. The maximum atomic E-state index is 5.79. The highest BCUT2D eigenvalue weighted by Crippen LogP contribution is 2.13.